The normalized spacial score (nSPS) is 13.1. The summed E-state index contributed by atoms with van der Waals surface area (Å²) in [7, 11) is 2.17. The van der Waals surface area contributed by atoms with Crippen LogP contribution in [-0.2, 0) is 19.9 Å². The first-order valence-corrected chi connectivity index (χ1v) is 13.3. The molecule has 0 aliphatic rings. The van der Waals surface area contributed by atoms with Crippen molar-refractivity contribution < 1.29 is 4.57 Å². The lowest BCUT2D eigenvalue weighted by molar-refractivity contribution is -0.643. The standard InChI is InChI=1S/C34H36N3/c1-20-15-25-29-24(19-33(3,4)5)11-10-12-26(29)37-27-17-22(18-34(6,7)35-8)16-23-13-14-36(9)32(30(23)27)28(21(20)2)31(25)37/h10-17H,18-19H2,1-7,9H3/q+1. The second-order valence-corrected chi connectivity index (χ2v) is 12.9. The predicted molar refractivity (Wildman–Crippen MR) is 157 cm³/mol. The Morgan fingerprint density at radius 2 is 1.65 bits per heavy atom. The minimum atomic E-state index is -0.434. The van der Waals surface area contributed by atoms with Gasteiger partial charge < -0.3 is 9.25 Å². The lowest BCUT2D eigenvalue weighted by Gasteiger charge is -2.19. The summed E-state index contributed by atoms with van der Waals surface area (Å²) in [5.74, 6) is 0. The predicted octanol–water partition coefficient (Wildman–Crippen LogP) is 8.26. The molecule has 6 rings (SSSR count). The molecule has 3 heterocycles. The maximum atomic E-state index is 7.72. The molecular formula is C34H36N3+. The topological polar surface area (TPSA) is 12.7 Å². The van der Waals surface area contributed by atoms with E-state index in [2.05, 4.69) is 104 Å². The van der Waals surface area contributed by atoms with Crippen LogP contribution in [0, 0.1) is 25.8 Å². The number of fused-ring (bicyclic) bond motifs is 5. The van der Waals surface area contributed by atoms with Crippen molar-refractivity contribution in [2.24, 2.45) is 12.5 Å². The lowest BCUT2D eigenvalue weighted by Crippen LogP contribution is -2.29. The number of hydrogen-bond donors (Lipinski definition) is 0. The summed E-state index contributed by atoms with van der Waals surface area (Å²) < 4.78 is 4.83. The van der Waals surface area contributed by atoms with Gasteiger partial charge in [-0.15, -0.1) is 0 Å². The maximum Gasteiger partial charge on any atom is 0.231 e. The number of benzene rings is 3. The molecule has 0 spiro atoms. The monoisotopic (exact) mass is 486 g/mol. The Bertz CT molecular complexity index is 1920. The van der Waals surface area contributed by atoms with Crippen molar-refractivity contribution in [3.8, 4) is 0 Å². The largest absolute Gasteiger partial charge is 0.311 e. The van der Waals surface area contributed by atoms with Crippen LogP contribution in [0.5, 0.6) is 0 Å². The molecule has 0 saturated carbocycles. The fraction of sp³-hybridized carbons (Fsp3) is 0.353. The molecule has 3 nitrogen and oxygen atoms in total. The highest BCUT2D eigenvalue weighted by Crippen LogP contribution is 2.43. The molecule has 0 aliphatic heterocycles. The van der Waals surface area contributed by atoms with Crippen LogP contribution in [0.1, 0.15) is 56.9 Å². The molecule has 0 atom stereocenters. The first kappa shape index (κ1) is 23.7. The highest BCUT2D eigenvalue weighted by atomic mass is 15.0. The lowest BCUT2D eigenvalue weighted by atomic mass is 9.86. The summed E-state index contributed by atoms with van der Waals surface area (Å²) in [5.41, 5.74) is 10.2. The van der Waals surface area contributed by atoms with E-state index in [-0.39, 0.29) is 5.41 Å². The first-order valence-electron chi connectivity index (χ1n) is 13.3. The quantitative estimate of drug-likeness (QED) is 0.103. The second-order valence-electron chi connectivity index (χ2n) is 12.9. The van der Waals surface area contributed by atoms with Crippen molar-refractivity contribution in [2.75, 3.05) is 0 Å². The van der Waals surface area contributed by atoms with Crippen LogP contribution in [0.25, 0.3) is 53.8 Å². The van der Waals surface area contributed by atoms with Crippen LogP contribution >= 0.6 is 0 Å². The molecule has 3 heteroatoms. The third-order valence-corrected chi connectivity index (χ3v) is 8.09. The van der Waals surface area contributed by atoms with E-state index in [4.69, 9.17) is 6.57 Å². The Kier molecular flexibility index (Phi) is 4.93. The van der Waals surface area contributed by atoms with Gasteiger partial charge in [-0.2, -0.15) is 0 Å². The number of aryl methyl sites for hydroxylation is 3. The average Bonchev–Trinajstić information content (AvgIpc) is 3.14. The molecule has 0 fully saturated rings. The van der Waals surface area contributed by atoms with Crippen LogP contribution in [0.2, 0.25) is 0 Å². The highest BCUT2D eigenvalue weighted by molar-refractivity contribution is 6.26. The molecule has 0 saturated heterocycles. The fourth-order valence-corrected chi connectivity index (χ4v) is 6.45. The zero-order valence-electron chi connectivity index (χ0n) is 23.4. The van der Waals surface area contributed by atoms with Gasteiger partial charge >= 0.3 is 0 Å². The van der Waals surface area contributed by atoms with E-state index < -0.39 is 5.54 Å². The molecule has 0 amide bonds. The van der Waals surface area contributed by atoms with Crippen molar-refractivity contribution in [1.29, 1.82) is 0 Å². The first-order chi connectivity index (χ1) is 17.4. The summed E-state index contributed by atoms with van der Waals surface area (Å²) in [6.45, 7) is 23.3. The van der Waals surface area contributed by atoms with Crippen LogP contribution in [0.4, 0.5) is 0 Å². The summed E-state index contributed by atoms with van der Waals surface area (Å²) >= 11 is 0. The van der Waals surface area contributed by atoms with E-state index in [9.17, 15) is 0 Å². The average molecular weight is 487 g/mol. The molecular weight excluding hydrogens is 450 g/mol. The van der Waals surface area contributed by atoms with Gasteiger partial charge in [-0.05, 0) is 71.5 Å². The van der Waals surface area contributed by atoms with E-state index >= 15 is 0 Å². The van der Waals surface area contributed by atoms with Crippen LogP contribution < -0.4 is 4.57 Å². The molecule has 3 aromatic carbocycles. The zero-order valence-corrected chi connectivity index (χ0v) is 23.4. The number of rotatable bonds is 3. The second kappa shape index (κ2) is 7.68. The third kappa shape index (κ3) is 3.50. The molecule has 37 heavy (non-hydrogen) atoms. The fourth-order valence-electron chi connectivity index (χ4n) is 6.45. The minimum Gasteiger partial charge on any atom is -0.311 e. The molecule has 3 aromatic heterocycles. The van der Waals surface area contributed by atoms with Gasteiger partial charge in [0.25, 0.3) is 0 Å². The van der Waals surface area contributed by atoms with Crippen molar-refractivity contribution in [3.63, 3.8) is 0 Å². The number of nitrogens with zero attached hydrogens (tertiary/aromatic N) is 3. The summed E-state index contributed by atoms with van der Waals surface area (Å²) in [4.78, 5) is 3.92. The van der Waals surface area contributed by atoms with Crippen molar-refractivity contribution in [2.45, 2.75) is 66.8 Å². The van der Waals surface area contributed by atoms with E-state index in [0.717, 1.165) is 12.8 Å². The summed E-state index contributed by atoms with van der Waals surface area (Å²) in [6.07, 6.45) is 3.95. The van der Waals surface area contributed by atoms with Gasteiger partial charge in [0.1, 0.15) is 7.05 Å². The smallest absolute Gasteiger partial charge is 0.231 e. The molecule has 0 radical (unpaired) electrons. The number of pyridine rings is 2. The van der Waals surface area contributed by atoms with Gasteiger partial charge in [0.05, 0.1) is 33.7 Å². The molecule has 186 valence electrons. The van der Waals surface area contributed by atoms with Gasteiger partial charge in [-0.3, -0.25) is 0 Å². The van der Waals surface area contributed by atoms with E-state index in [1.807, 2.05) is 13.8 Å². The third-order valence-electron chi connectivity index (χ3n) is 8.09. The summed E-state index contributed by atoms with van der Waals surface area (Å²) in [5, 5.41) is 6.63. The van der Waals surface area contributed by atoms with Gasteiger partial charge in [0.15, 0.2) is 6.20 Å². The van der Waals surface area contributed by atoms with E-state index in [0.29, 0.717) is 0 Å². The Labute approximate surface area is 219 Å². The van der Waals surface area contributed by atoms with Crippen molar-refractivity contribution in [1.82, 2.24) is 4.40 Å². The Morgan fingerprint density at radius 3 is 2.35 bits per heavy atom. The van der Waals surface area contributed by atoms with Gasteiger partial charge in [-0.25, -0.2) is 11.1 Å². The Morgan fingerprint density at radius 1 is 0.892 bits per heavy atom. The van der Waals surface area contributed by atoms with Gasteiger partial charge in [0, 0.05) is 30.7 Å². The SMILES string of the molecule is [C-]#[N+]C(C)(C)Cc1cc2cc[n+](C)c3c4c(C)c(C)cc5c6c(CC(C)(C)C)cccc6n(c(c1)c23)c54. The molecule has 0 unspecified atom stereocenters. The molecule has 0 N–H and O–H groups in total. The van der Waals surface area contributed by atoms with Crippen molar-refractivity contribution >= 4 is 49.0 Å². The van der Waals surface area contributed by atoms with Crippen LogP contribution in [0.15, 0.2) is 48.7 Å². The Hall–Kier alpha value is -3.64. The van der Waals surface area contributed by atoms with Gasteiger partial charge in [0.2, 0.25) is 11.1 Å². The van der Waals surface area contributed by atoms with E-state index in [1.165, 1.54) is 71.3 Å². The Balaban J connectivity index is 1.91. The highest BCUT2D eigenvalue weighted by Gasteiger charge is 2.28. The zero-order chi connectivity index (χ0) is 26.4. The number of hydrogen-bond acceptors (Lipinski definition) is 0. The molecule has 0 bridgehead atoms. The van der Waals surface area contributed by atoms with E-state index in [1.54, 1.807) is 0 Å². The molecule has 0 aliphatic carbocycles. The van der Waals surface area contributed by atoms with Crippen LogP contribution in [0.3, 0.4) is 0 Å². The van der Waals surface area contributed by atoms with Crippen molar-refractivity contribution in [3.05, 3.63) is 82.3 Å². The van der Waals surface area contributed by atoms with Crippen LogP contribution in [-0.4, -0.2) is 9.94 Å². The number of aromatic nitrogens is 2. The maximum absolute atomic E-state index is 7.72. The van der Waals surface area contributed by atoms with Gasteiger partial charge in [-0.1, -0.05) is 39.0 Å². The molecule has 6 aromatic rings. The minimum absolute atomic E-state index is 0.194. The summed E-state index contributed by atoms with van der Waals surface area (Å²) in [6, 6.07) is 16.2.